The van der Waals surface area contributed by atoms with Crippen LogP contribution in [0.1, 0.15) is 6.92 Å². The molecule has 0 aliphatic rings. The molecule has 24 valence electrons. The van der Waals surface area contributed by atoms with E-state index in [4.69, 9.17) is 1.43 Å². The van der Waals surface area contributed by atoms with Crippen LogP contribution in [0.15, 0.2) is 0 Å². The number of carboxylic acids is 1. The number of hydrogen-bond donors (Lipinski definition) is 1. The second kappa shape index (κ2) is 0.875. The first-order chi connectivity index (χ1) is 2.27. The lowest BCUT2D eigenvalue weighted by Gasteiger charge is -1.59. The lowest BCUT2D eigenvalue weighted by atomic mass is 10.9. The third kappa shape index (κ3) is 1.16. The first-order valence-electron chi connectivity index (χ1n) is 1.32. The Hall–Kier alpha value is -0.530. The van der Waals surface area contributed by atoms with E-state index in [0.29, 0.717) is 0 Å². The van der Waals surface area contributed by atoms with Crippen LogP contribution in [0.5, 0.6) is 0 Å². The van der Waals surface area contributed by atoms with Gasteiger partial charge in [-0.15, -0.1) is 0 Å². The van der Waals surface area contributed by atoms with Crippen LogP contribution < -0.4 is 0 Å². The SMILES string of the molecule is [3H]OC(C)=O. The molecular formula is C2H4O2. The van der Waals surface area contributed by atoms with Gasteiger partial charge in [-0.3, -0.25) is 4.79 Å². The van der Waals surface area contributed by atoms with Crippen molar-refractivity contribution in [3.05, 3.63) is 0 Å². The van der Waals surface area contributed by atoms with Gasteiger partial charge in [0.25, 0.3) is 7.40 Å². The molecule has 0 bridgehead atoms. The highest BCUT2D eigenvalue weighted by Gasteiger charge is 1.65. The molecule has 0 radical (unpaired) electrons. The van der Waals surface area contributed by atoms with E-state index in [0.717, 1.165) is 0 Å². The standard InChI is InChI=1S/C2H4O2/c1-2(3)4/h1H3,(H,3,4)/i/hT. The van der Waals surface area contributed by atoms with Gasteiger partial charge in [0.2, 0.25) is 0 Å². The van der Waals surface area contributed by atoms with E-state index in [2.05, 4.69) is 5.11 Å². The van der Waals surface area contributed by atoms with Crippen LogP contribution in [0.3, 0.4) is 0 Å². The van der Waals surface area contributed by atoms with Gasteiger partial charge in [-0.2, -0.15) is 0 Å². The molecule has 2 heteroatoms. The molecule has 0 aliphatic carbocycles. The summed E-state index contributed by atoms with van der Waals surface area (Å²) in [5, 5.41) is 3.36. The fourth-order valence-corrected chi connectivity index (χ4v) is 0. The van der Waals surface area contributed by atoms with E-state index in [-0.39, 0.29) is 0 Å². The topological polar surface area (TPSA) is 37.3 Å². The smallest absolute Gasteiger partial charge is 0.300 e. The largest absolute Gasteiger partial charge is 0.481 e. The Morgan fingerprint density at radius 1 is 2.50 bits per heavy atom. The molecule has 0 aromatic rings. The highest BCUT2D eigenvalue weighted by molar-refractivity contribution is 5.62. The third-order valence-electron chi connectivity index (χ3n) is 0. The van der Waals surface area contributed by atoms with Gasteiger partial charge in [0, 0.05) is 6.92 Å². The molecule has 4 heavy (non-hydrogen) atoms. The zero-order valence-corrected chi connectivity index (χ0v) is 2.32. The lowest BCUT2D eigenvalue weighted by Crippen LogP contribution is -1.78. The second-order valence-electron chi connectivity index (χ2n) is 0.492. The molecule has 0 fully saturated rings. The molecule has 2 nitrogen and oxygen atoms in total. The summed E-state index contributed by atoms with van der Waals surface area (Å²) in [7, 11) is 0. The minimum atomic E-state index is -0.579. The summed E-state index contributed by atoms with van der Waals surface area (Å²) >= 11 is 0. The summed E-state index contributed by atoms with van der Waals surface area (Å²) in [6, 6.07) is 0. The van der Waals surface area contributed by atoms with Crippen LogP contribution in [0.4, 0.5) is 0 Å². The zero-order valence-electron chi connectivity index (χ0n) is 3.32. The Morgan fingerprint density at radius 3 is 2.75 bits per heavy atom. The molecule has 0 amide bonds. The van der Waals surface area contributed by atoms with E-state index in [1.165, 1.54) is 6.92 Å². The van der Waals surface area contributed by atoms with E-state index in [9.17, 15) is 4.79 Å². The summed E-state index contributed by atoms with van der Waals surface area (Å²) in [5.41, 5.74) is 0. The fourth-order valence-electron chi connectivity index (χ4n) is 0. The summed E-state index contributed by atoms with van der Waals surface area (Å²) < 4.78 is 5.81. The Bertz CT molecular complexity index is 42.9. The average Bonchev–Trinajstić information content (AvgIpc) is 1.38. The Morgan fingerprint density at radius 2 is 2.75 bits per heavy atom. The summed E-state index contributed by atoms with van der Waals surface area (Å²) in [6.45, 7) is 1.17. The molecule has 0 spiro atoms. The minimum Gasteiger partial charge on any atom is -0.481 e. The van der Waals surface area contributed by atoms with Crippen molar-refractivity contribution in [3.8, 4) is 0 Å². The molecule has 0 atom stereocenters. The Kier molecular flexibility index (Phi) is 0.385. The highest BCUT2D eigenvalue weighted by Crippen LogP contribution is 1.42. The van der Waals surface area contributed by atoms with Gasteiger partial charge in [0.05, 0.1) is 0 Å². The van der Waals surface area contributed by atoms with Crippen LogP contribution in [-0.4, -0.2) is 11.1 Å². The van der Waals surface area contributed by atoms with Crippen molar-refractivity contribution >= 4 is 5.97 Å². The zero-order chi connectivity index (χ0) is 4.28. The van der Waals surface area contributed by atoms with Gasteiger partial charge >= 0.3 is 0 Å². The van der Waals surface area contributed by atoms with Crippen molar-refractivity contribution in [2.45, 2.75) is 6.92 Å². The van der Waals surface area contributed by atoms with Gasteiger partial charge in [-0.25, -0.2) is 0 Å². The molecule has 0 unspecified atom stereocenters. The molecule has 0 aromatic heterocycles. The van der Waals surface area contributed by atoms with E-state index in [1.807, 2.05) is 0 Å². The summed E-state index contributed by atoms with van der Waals surface area (Å²) in [4.78, 5) is 9.40. The van der Waals surface area contributed by atoms with Crippen LogP contribution in [0.25, 0.3) is 1.43 Å². The molecule has 0 aliphatic heterocycles. The first-order valence-corrected chi connectivity index (χ1v) is 0.908. The normalized spacial score (nSPS) is 8.75. The molecule has 0 rings (SSSR count). The number of rotatable bonds is 0. The predicted octanol–water partition coefficient (Wildman–Crippen LogP) is 0.0909. The molecule has 0 aromatic carbocycles. The van der Waals surface area contributed by atoms with Crippen LogP contribution in [0, 0.1) is 0 Å². The van der Waals surface area contributed by atoms with E-state index >= 15 is 0 Å². The molecule has 0 saturated heterocycles. The van der Waals surface area contributed by atoms with Crippen molar-refractivity contribution in [2.24, 2.45) is 0 Å². The van der Waals surface area contributed by atoms with Crippen LogP contribution in [0.2, 0.25) is 0 Å². The number of hydrogen-bond acceptors (Lipinski definition) is 2. The number of aliphatic carboxylic acids is 1. The molecular weight excluding hydrogens is 56.0 g/mol. The van der Waals surface area contributed by atoms with E-state index < -0.39 is 5.97 Å². The number of carbonyl (C=O) groups is 1. The van der Waals surface area contributed by atoms with Crippen LogP contribution in [-0.2, 0) is 4.79 Å². The maximum Gasteiger partial charge on any atom is 0.300 e. The van der Waals surface area contributed by atoms with Crippen molar-refractivity contribution in [3.63, 3.8) is 0 Å². The lowest BCUT2D eigenvalue weighted by molar-refractivity contribution is -0.134. The molecule has 0 saturated carbocycles. The quantitative estimate of drug-likeness (QED) is 0.431. The molecule has 1 N–H and O–H groups in total. The summed E-state index contributed by atoms with van der Waals surface area (Å²) in [6.07, 6.45) is 0. The Labute approximate surface area is 25.6 Å². The van der Waals surface area contributed by atoms with Gasteiger partial charge in [-0.05, 0) is 0 Å². The number of carboxylic acid groups (broad SMARTS) is 1. The first kappa shape index (κ1) is 1.76. The summed E-state index contributed by atoms with van der Waals surface area (Å²) in [5.74, 6) is -0.579. The van der Waals surface area contributed by atoms with Crippen molar-refractivity contribution < 1.29 is 9.90 Å². The monoisotopic (exact) mass is 62.0 g/mol. The van der Waals surface area contributed by atoms with Gasteiger partial charge in [0.1, 0.15) is 0 Å². The van der Waals surface area contributed by atoms with Gasteiger partial charge in [-0.1, -0.05) is 0 Å². The second-order valence-corrected chi connectivity index (χ2v) is 0.492. The van der Waals surface area contributed by atoms with Crippen molar-refractivity contribution in [1.82, 2.24) is 0 Å². The van der Waals surface area contributed by atoms with Crippen molar-refractivity contribution in [1.29, 1.82) is 1.43 Å². The third-order valence-corrected chi connectivity index (χ3v) is 0. The fraction of sp³-hybridized carbons (Fsp3) is 0.500. The maximum atomic E-state index is 9.40. The molecule has 0 heterocycles. The maximum absolute atomic E-state index is 9.40. The minimum absolute atomic E-state index is 0.579. The highest BCUT2D eigenvalue weighted by atomic mass is 16.4. The predicted molar refractivity (Wildman–Crippen MR) is 13.3 cm³/mol. The van der Waals surface area contributed by atoms with E-state index in [1.54, 1.807) is 0 Å². The Balaban J connectivity index is 2.85. The average molecular weight is 62.1 g/mol. The van der Waals surface area contributed by atoms with Gasteiger partial charge < -0.3 is 5.11 Å². The van der Waals surface area contributed by atoms with Crippen LogP contribution >= 0.6 is 0 Å². The van der Waals surface area contributed by atoms with Crippen molar-refractivity contribution in [2.75, 3.05) is 0 Å². The van der Waals surface area contributed by atoms with Gasteiger partial charge in [0.15, 0.2) is 0 Å².